The molecule has 1 aliphatic heterocycles. The van der Waals surface area contributed by atoms with Gasteiger partial charge in [0.2, 0.25) is 0 Å². The van der Waals surface area contributed by atoms with Gasteiger partial charge in [-0.2, -0.15) is 0 Å². The standard InChI is InChI=1S/C16H13BrN2O2/c1-19-13-8-7-11(17)9-12(13)14(16(19)21)18-15(20)10-5-3-2-4-6-10/h2-9,14H,1H3,(H,18,20). The molecule has 0 radical (unpaired) electrons. The largest absolute Gasteiger partial charge is 0.336 e. The highest BCUT2D eigenvalue weighted by molar-refractivity contribution is 9.10. The minimum atomic E-state index is -0.643. The maximum absolute atomic E-state index is 12.3. The van der Waals surface area contributed by atoms with Crippen LogP contribution in [-0.4, -0.2) is 18.9 Å². The van der Waals surface area contributed by atoms with Gasteiger partial charge in [-0.15, -0.1) is 0 Å². The molecule has 1 heterocycles. The summed E-state index contributed by atoms with van der Waals surface area (Å²) in [5.41, 5.74) is 2.17. The number of nitrogens with zero attached hydrogens (tertiary/aromatic N) is 1. The van der Waals surface area contributed by atoms with E-state index in [-0.39, 0.29) is 11.8 Å². The van der Waals surface area contributed by atoms with Crippen LogP contribution in [0, 0.1) is 0 Å². The van der Waals surface area contributed by atoms with Crippen LogP contribution < -0.4 is 10.2 Å². The van der Waals surface area contributed by atoms with E-state index in [2.05, 4.69) is 21.2 Å². The molecule has 0 fully saturated rings. The highest BCUT2D eigenvalue weighted by Gasteiger charge is 2.36. The summed E-state index contributed by atoms with van der Waals surface area (Å²) in [7, 11) is 1.71. The molecule has 1 N–H and O–H groups in total. The van der Waals surface area contributed by atoms with Crippen LogP contribution in [0.3, 0.4) is 0 Å². The molecule has 3 rings (SSSR count). The van der Waals surface area contributed by atoms with Crippen molar-refractivity contribution in [3.8, 4) is 0 Å². The molecule has 0 saturated carbocycles. The third-order valence-corrected chi connectivity index (χ3v) is 4.04. The number of nitrogens with one attached hydrogen (secondary N) is 1. The molecule has 2 aromatic rings. The molecule has 5 heteroatoms. The number of likely N-dealkylation sites (N-methyl/N-ethyl adjacent to an activating group) is 1. The van der Waals surface area contributed by atoms with Crippen molar-refractivity contribution in [3.63, 3.8) is 0 Å². The van der Waals surface area contributed by atoms with Crippen molar-refractivity contribution in [2.24, 2.45) is 0 Å². The lowest BCUT2D eigenvalue weighted by Crippen LogP contribution is -2.35. The van der Waals surface area contributed by atoms with Crippen molar-refractivity contribution in [3.05, 3.63) is 64.1 Å². The van der Waals surface area contributed by atoms with E-state index in [4.69, 9.17) is 0 Å². The normalized spacial score (nSPS) is 16.8. The first-order valence-corrected chi connectivity index (χ1v) is 7.30. The Kier molecular flexibility index (Phi) is 3.51. The van der Waals surface area contributed by atoms with Gasteiger partial charge < -0.3 is 10.2 Å². The van der Waals surface area contributed by atoms with Crippen LogP contribution in [0.2, 0.25) is 0 Å². The predicted octanol–water partition coefficient (Wildman–Crippen LogP) is 2.90. The molecule has 1 aliphatic rings. The Labute approximate surface area is 130 Å². The number of rotatable bonds is 2. The lowest BCUT2D eigenvalue weighted by Gasteiger charge is -2.13. The maximum atomic E-state index is 12.3. The lowest BCUT2D eigenvalue weighted by molar-refractivity contribution is -0.119. The second kappa shape index (κ2) is 5.33. The molecule has 4 nitrogen and oxygen atoms in total. The Hall–Kier alpha value is -2.14. The van der Waals surface area contributed by atoms with Crippen molar-refractivity contribution < 1.29 is 9.59 Å². The fourth-order valence-electron chi connectivity index (χ4n) is 2.45. The van der Waals surface area contributed by atoms with Crippen LogP contribution in [0.1, 0.15) is 22.0 Å². The zero-order valence-corrected chi connectivity index (χ0v) is 12.9. The number of amides is 2. The first-order chi connectivity index (χ1) is 10.1. The number of fused-ring (bicyclic) bond motifs is 1. The zero-order valence-electron chi connectivity index (χ0n) is 11.3. The van der Waals surface area contributed by atoms with Gasteiger partial charge in [0.05, 0.1) is 0 Å². The van der Waals surface area contributed by atoms with Gasteiger partial charge in [-0.25, -0.2) is 0 Å². The van der Waals surface area contributed by atoms with E-state index in [1.165, 1.54) is 0 Å². The monoisotopic (exact) mass is 344 g/mol. The van der Waals surface area contributed by atoms with Crippen LogP contribution in [0.15, 0.2) is 53.0 Å². The molecule has 0 spiro atoms. The summed E-state index contributed by atoms with van der Waals surface area (Å²) in [6.07, 6.45) is 0. The highest BCUT2D eigenvalue weighted by Crippen LogP contribution is 2.36. The van der Waals surface area contributed by atoms with Gasteiger partial charge in [0.1, 0.15) is 6.04 Å². The van der Waals surface area contributed by atoms with Crippen molar-refractivity contribution in [1.29, 1.82) is 0 Å². The number of hydrogen-bond acceptors (Lipinski definition) is 2. The number of carbonyl (C=O) groups excluding carboxylic acids is 2. The Morgan fingerprint density at radius 1 is 1.19 bits per heavy atom. The summed E-state index contributed by atoms with van der Waals surface area (Å²) >= 11 is 3.40. The third-order valence-electron chi connectivity index (χ3n) is 3.55. The Morgan fingerprint density at radius 2 is 1.90 bits per heavy atom. The van der Waals surface area contributed by atoms with Crippen LogP contribution in [0.25, 0.3) is 0 Å². The molecule has 0 saturated heterocycles. The topological polar surface area (TPSA) is 49.4 Å². The predicted molar refractivity (Wildman–Crippen MR) is 84.2 cm³/mol. The van der Waals surface area contributed by atoms with E-state index in [1.807, 2.05) is 24.3 Å². The van der Waals surface area contributed by atoms with Crippen LogP contribution in [0.5, 0.6) is 0 Å². The maximum Gasteiger partial charge on any atom is 0.254 e. The van der Waals surface area contributed by atoms with Gasteiger partial charge in [0, 0.05) is 28.3 Å². The van der Waals surface area contributed by atoms with E-state index >= 15 is 0 Å². The molecular weight excluding hydrogens is 332 g/mol. The summed E-state index contributed by atoms with van der Waals surface area (Å²) in [4.78, 5) is 26.2. The number of benzene rings is 2. The SMILES string of the molecule is CN1C(=O)C(NC(=O)c2ccccc2)c2cc(Br)ccc21. The number of halogens is 1. The average Bonchev–Trinajstić information content (AvgIpc) is 2.73. The molecule has 2 amide bonds. The molecule has 2 aromatic carbocycles. The van der Waals surface area contributed by atoms with Gasteiger partial charge in [-0.05, 0) is 30.3 Å². The second-order valence-electron chi connectivity index (χ2n) is 4.87. The molecule has 1 atom stereocenters. The second-order valence-corrected chi connectivity index (χ2v) is 5.79. The van der Waals surface area contributed by atoms with Gasteiger partial charge >= 0.3 is 0 Å². The molecular formula is C16H13BrN2O2. The number of hydrogen-bond donors (Lipinski definition) is 1. The summed E-state index contributed by atoms with van der Waals surface area (Å²) < 4.78 is 0.878. The molecule has 106 valence electrons. The first-order valence-electron chi connectivity index (χ1n) is 6.51. The molecule has 0 aromatic heterocycles. The number of anilines is 1. The average molecular weight is 345 g/mol. The van der Waals surface area contributed by atoms with E-state index in [9.17, 15) is 9.59 Å². The van der Waals surface area contributed by atoms with E-state index < -0.39 is 6.04 Å². The van der Waals surface area contributed by atoms with Gasteiger partial charge in [0.25, 0.3) is 11.8 Å². The summed E-state index contributed by atoms with van der Waals surface area (Å²) in [5.74, 6) is -0.387. The molecule has 21 heavy (non-hydrogen) atoms. The smallest absolute Gasteiger partial charge is 0.254 e. The quantitative estimate of drug-likeness (QED) is 0.910. The highest BCUT2D eigenvalue weighted by atomic mass is 79.9. The van der Waals surface area contributed by atoms with Crippen molar-refractivity contribution in [2.45, 2.75) is 6.04 Å². The zero-order chi connectivity index (χ0) is 15.0. The first kappa shape index (κ1) is 13.8. The lowest BCUT2D eigenvalue weighted by atomic mass is 10.1. The fourth-order valence-corrected chi connectivity index (χ4v) is 2.83. The Bertz CT molecular complexity index is 715. The summed E-state index contributed by atoms with van der Waals surface area (Å²) in [6, 6.07) is 13.8. The fraction of sp³-hybridized carbons (Fsp3) is 0.125. The minimum absolute atomic E-state index is 0.132. The summed E-state index contributed by atoms with van der Waals surface area (Å²) in [6.45, 7) is 0. The van der Waals surface area contributed by atoms with Crippen molar-refractivity contribution >= 4 is 33.4 Å². The van der Waals surface area contributed by atoms with Crippen LogP contribution in [0.4, 0.5) is 5.69 Å². The Balaban J connectivity index is 1.92. The number of carbonyl (C=O) groups is 2. The molecule has 0 aliphatic carbocycles. The van der Waals surface area contributed by atoms with E-state index in [0.717, 1.165) is 15.7 Å². The Morgan fingerprint density at radius 3 is 2.62 bits per heavy atom. The van der Waals surface area contributed by atoms with Gasteiger partial charge in [0.15, 0.2) is 0 Å². The van der Waals surface area contributed by atoms with Crippen molar-refractivity contribution in [1.82, 2.24) is 5.32 Å². The van der Waals surface area contributed by atoms with Crippen molar-refractivity contribution in [2.75, 3.05) is 11.9 Å². The van der Waals surface area contributed by atoms with Crippen LogP contribution in [-0.2, 0) is 4.79 Å². The minimum Gasteiger partial charge on any atom is -0.336 e. The van der Waals surface area contributed by atoms with Crippen LogP contribution >= 0.6 is 15.9 Å². The third kappa shape index (κ3) is 2.45. The van der Waals surface area contributed by atoms with E-state index in [1.54, 1.807) is 36.2 Å². The molecule has 1 unspecified atom stereocenters. The molecule has 0 bridgehead atoms. The van der Waals surface area contributed by atoms with Gasteiger partial charge in [-0.1, -0.05) is 34.1 Å². The van der Waals surface area contributed by atoms with Gasteiger partial charge in [-0.3, -0.25) is 9.59 Å². The van der Waals surface area contributed by atoms with E-state index in [0.29, 0.717) is 5.56 Å². The summed E-state index contributed by atoms with van der Waals surface area (Å²) in [5, 5.41) is 2.81.